The van der Waals surface area contributed by atoms with Crippen molar-refractivity contribution in [2.24, 2.45) is 17.6 Å². The zero-order chi connectivity index (χ0) is 40.3. The summed E-state index contributed by atoms with van der Waals surface area (Å²) in [6.07, 6.45) is -4.73. The highest BCUT2D eigenvalue weighted by molar-refractivity contribution is 7.91. The molecule has 2 fully saturated rings. The number of amides is 2. The van der Waals surface area contributed by atoms with E-state index in [2.05, 4.69) is 14.4 Å². The second-order valence-electron chi connectivity index (χ2n) is 13.0. The summed E-state index contributed by atoms with van der Waals surface area (Å²) in [6, 6.07) is 22.0. The van der Waals surface area contributed by atoms with Crippen LogP contribution in [0.1, 0.15) is 28.7 Å². The summed E-state index contributed by atoms with van der Waals surface area (Å²) in [7, 11) is 4.42. The summed E-state index contributed by atoms with van der Waals surface area (Å²) in [5.74, 6) is -3.29. The first kappa shape index (κ1) is 44.8. The first-order chi connectivity index (χ1) is 26.0. The van der Waals surface area contributed by atoms with Crippen molar-refractivity contribution in [1.82, 2.24) is 20.0 Å². The van der Waals surface area contributed by atoms with E-state index in [-0.39, 0.29) is 51.5 Å². The van der Waals surface area contributed by atoms with Crippen molar-refractivity contribution in [3.8, 4) is 10.6 Å². The predicted molar refractivity (Wildman–Crippen MR) is 201 cm³/mol. The molecule has 0 radical (unpaired) electrons. The number of benzene rings is 2. The lowest BCUT2D eigenvalue weighted by Gasteiger charge is -2.24. The van der Waals surface area contributed by atoms with E-state index in [4.69, 9.17) is 24.9 Å². The quantitative estimate of drug-likeness (QED) is 0.168. The van der Waals surface area contributed by atoms with Crippen LogP contribution in [-0.2, 0) is 44.9 Å². The van der Waals surface area contributed by atoms with E-state index in [9.17, 15) is 31.2 Å². The van der Waals surface area contributed by atoms with Gasteiger partial charge in [0.25, 0.3) is 21.8 Å². The van der Waals surface area contributed by atoms with Gasteiger partial charge in [-0.25, -0.2) is 18.5 Å². The molecule has 0 bridgehead atoms. The van der Waals surface area contributed by atoms with Crippen LogP contribution < -0.4 is 10.5 Å². The molecule has 56 heavy (non-hydrogen) atoms. The highest BCUT2D eigenvalue weighted by Crippen LogP contribution is 2.59. The minimum absolute atomic E-state index is 0. The van der Waals surface area contributed by atoms with Gasteiger partial charge in [-0.2, -0.15) is 17.9 Å². The number of nitrogens with one attached hydrogen (secondary N) is 1. The van der Waals surface area contributed by atoms with Gasteiger partial charge in [-0.15, -0.1) is 23.7 Å². The fraction of sp³-hybridized carbons (Fsp3) is 0.417. The fourth-order valence-corrected chi connectivity index (χ4v) is 9.63. The molecule has 2 aliphatic carbocycles. The van der Waals surface area contributed by atoms with Gasteiger partial charge in [0.15, 0.2) is 0 Å². The number of methoxy groups -OCH3 is 2. The average Bonchev–Trinajstić information content (AvgIpc) is 3.65. The molecule has 0 saturated heterocycles. The van der Waals surface area contributed by atoms with Crippen LogP contribution in [0.25, 0.3) is 10.6 Å². The topological polar surface area (TPSA) is 176 Å². The van der Waals surface area contributed by atoms with Crippen molar-refractivity contribution >= 4 is 45.6 Å². The average molecular weight is 846 g/mol. The number of alkyl halides is 3. The highest BCUT2D eigenvalue weighted by Gasteiger charge is 2.72. The number of thiophene rings is 1. The van der Waals surface area contributed by atoms with Crippen molar-refractivity contribution in [3.05, 3.63) is 95.7 Å². The molecule has 6 atom stereocenters. The minimum atomic E-state index is -4.73. The summed E-state index contributed by atoms with van der Waals surface area (Å²) >= 11 is 0.695. The first-order valence-electron chi connectivity index (χ1n) is 16.7. The Morgan fingerprint density at radius 2 is 1.38 bits per heavy atom. The fourth-order valence-electron chi connectivity index (χ4n) is 6.95. The maximum atomic E-state index is 13.5. The Kier molecular flexibility index (Phi) is 14.2. The molecule has 4 aromatic rings. The lowest BCUT2D eigenvalue weighted by molar-refractivity contribution is -0.172. The maximum absolute atomic E-state index is 13.5. The molecule has 6 rings (SSSR count). The number of nitrogens with zero attached hydrogens (tertiary/aromatic N) is 3. The standard InChI is InChI=1S/C22H22F3N3O6S2.C14H20N2O3.ClH/c1-28(33-3)20(29)21(14(12-32-2)19(21)13-7-5-4-6-8-13)27-36(30,31)18-10-9-16(35-18)15-11-17(34-26-15)22(23,24)25;1-16(19-3)13(17)14(15)11(9-18-2)12(14)10-7-5-4-6-8-10;/h4-11,14,19,27H,12H2,1-3H3;4-8,11-12H,9,15H2,1-3H3;1H. The number of nitrogens with two attached hydrogens (primary N) is 1. The number of hydroxylamine groups is 4. The number of aromatic nitrogens is 1. The number of hydrogen-bond acceptors (Lipinski definition) is 12. The summed E-state index contributed by atoms with van der Waals surface area (Å²) in [5.41, 5.74) is 5.40. The normalized spacial score (nSPS) is 24.0. The van der Waals surface area contributed by atoms with E-state index in [0.717, 1.165) is 16.2 Å². The van der Waals surface area contributed by atoms with Crippen molar-refractivity contribution < 1.29 is 54.9 Å². The van der Waals surface area contributed by atoms with Crippen LogP contribution in [0.4, 0.5) is 13.2 Å². The Morgan fingerprint density at radius 1 is 0.857 bits per heavy atom. The number of carbonyl (C=O) groups excluding carboxylic acids is 2. The van der Waals surface area contributed by atoms with Gasteiger partial charge in [0, 0.05) is 58.1 Å². The third kappa shape index (κ3) is 8.65. The molecule has 0 spiro atoms. The molecule has 306 valence electrons. The third-order valence-electron chi connectivity index (χ3n) is 9.84. The summed E-state index contributed by atoms with van der Waals surface area (Å²) in [6.45, 7) is 0.541. The van der Waals surface area contributed by atoms with E-state index in [1.807, 2.05) is 30.3 Å². The van der Waals surface area contributed by atoms with Crippen LogP contribution in [0.3, 0.4) is 0 Å². The number of carbonyl (C=O) groups is 2. The SMILES string of the molecule is COCC1C(c2ccccc2)C1(N)C(=O)N(C)OC.COCC1C(c2ccccc2)C1(NS(=O)(=O)c1ccc(-c2cc(C(F)(F)F)on2)s1)C(=O)N(C)OC.Cl. The molecule has 2 aromatic heterocycles. The van der Waals surface area contributed by atoms with Crippen LogP contribution in [-0.4, -0.2) is 102 Å². The second kappa shape index (κ2) is 17.7. The van der Waals surface area contributed by atoms with E-state index >= 15 is 0 Å². The second-order valence-corrected chi connectivity index (χ2v) is 16.0. The molecule has 2 saturated carbocycles. The van der Waals surface area contributed by atoms with Crippen LogP contribution in [0.2, 0.25) is 0 Å². The van der Waals surface area contributed by atoms with E-state index < -0.39 is 50.8 Å². The molecule has 3 N–H and O–H groups in total. The van der Waals surface area contributed by atoms with Gasteiger partial charge >= 0.3 is 6.18 Å². The van der Waals surface area contributed by atoms with Crippen LogP contribution in [0.5, 0.6) is 0 Å². The number of halogens is 4. The minimum Gasteiger partial charge on any atom is -0.384 e. The summed E-state index contributed by atoms with van der Waals surface area (Å²) in [5, 5.41) is 5.52. The van der Waals surface area contributed by atoms with Crippen LogP contribution >= 0.6 is 23.7 Å². The monoisotopic (exact) mass is 845 g/mol. The van der Waals surface area contributed by atoms with Gasteiger partial charge in [-0.1, -0.05) is 65.8 Å². The molecule has 0 aliphatic heterocycles. The number of hydrogen-bond donors (Lipinski definition) is 2. The van der Waals surface area contributed by atoms with Crippen LogP contribution in [0, 0.1) is 11.8 Å². The van der Waals surface area contributed by atoms with Gasteiger partial charge in [-0.05, 0) is 23.3 Å². The smallest absolute Gasteiger partial charge is 0.384 e. The number of rotatable bonds is 14. The van der Waals surface area contributed by atoms with Gasteiger partial charge in [0.1, 0.15) is 21.0 Å². The number of likely N-dealkylation sites (N-methyl/N-ethyl adjacent to an activating group) is 2. The molecule has 2 amide bonds. The van der Waals surface area contributed by atoms with Crippen molar-refractivity contribution in [1.29, 1.82) is 0 Å². The molecule has 2 heterocycles. The number of sulfonamides is 1. The highest BCUT2D eigenvalue weighted by atomic mass is 35.5. The third-order valence-corrected chi connectivity index (χ3v) is 12.9. The van der Waals surface area contributed by atoms with Crippen molar-refractivity contribution in [2.75, 3.05) is 55.7 Å². The van der Waals surface area contributed by atoms with Crippen molar-refractivity contribution in [2.45, 2.75) is 33.3 Å². The maximum Gasteiger partial charge on any atom is 0.452 e. The lowest BCUT2D eigenvalue weighted by atomic mass is 10.1. The molecule has 20 heteroatoms. The Balaban J connectivity index is 0.000000294. The summed E-state index contributed by atoms with van der Waals surface area (Å²) in [4.78, 5) is 36.0. The Morgan fingerprint density at radius 3 is 1.88 bits per heavy atom. The summed E-state index contributed by atoms with van der Waals surface area (Å²) < 4.78 is 82.7. The van der Waals surface area contributed by atoms with Crippen molar-refractivity contribution in [3.63, 3.8) is 0 Å². The van der Waals surface area contributed by atoms with Gasteiger partial charge in [0.2, 0.25) is 5.76 Å². The Bertz CT molecular complexity index is 2060. The zero-order valence-electron chi connectivity index (χ0n) is 31.2. The predicted octanol–water partition coefficient (Wildman–Crippen LogP) is 4.70. The van der Waals surface area contributed by atoms with Crippen LogP contribution in [0.15, 0.2) is 87.6 Å². The zero-order valence-corrected chi connectivity index (χ0v) is 33.6. The number of ether oxygens (including phenoxy) is 2. The Labute approximate surface area is 332 Å². The van der Waals surface area contributed by atoms with E-state index in [1.54, 1.807) is 44.5 Å². The lowest BCUT2D eigenvalue weighted by Crippen LogP contribution is -2.51. The molecule has 14 nitrogen and oxygen atoms in total. The molecule has 2 aromatic carbocycles. The molecular weight excluding hydrogens is 803 g/mol. The largest absolute Gasteiger partial charge is 0.452 e. The molecule has 6 unspecified atom stereocenters. The Hall–Kier alpha value is -3.92. The van der Waals surface area contributed by atoms with Gasteiger partial charge in [0.05, 0.1) is 32.3 Å². The molecular formula is C36H43ClF3N5O9S2. The molecule has 2 aliphatic rings. The van der Waals surface area contributed by atoms with Gasteiger partial charge in [-0.3, -0.25) is 19.3 Å². The van der Waals surface area contributed by atoms with Gasteiger partial charge < -0.3 is 19.7 Å². The van der Waals surface area contributed by atoms with E-state index in [0.29, 0.717) is 24.0 Å². The van der Waals surface area contributed by atoms with E-state index in [1.165, 1.54) is 45.6 Å². The first-order valence-corrected chi connectivity index (χ1v) is 19.0.